The molecule has 2 atom stereocenters. The SMILES string of the molecule is COCC1CC(CO)C(=O)O1. The van der Waals surface area contributed by atoms with Gasteiger partial charge in [0, 0.05) is 13.5 Å². The molecule has 0 radical (unpaired) electrons. The molecule has 1 rings (SSSR count). The van der Waals surface area contributed by atoms with Crippen molar-refractivity contribution in [1.82, 2.24) is 0 Å². The van der Waals surface area contributed by atoms with Crippen LogP contribution in [0.2, 0.25) is 0 Å². The fourth-order valence-electron chi connectivity index (χ4n) is 1.16. The van der Waals surface area contributed by atoms with Crippen LogP contribution in [0.3, 0.4) is 0 Å². The zero-order valence-electron chi connectivity index (χ0n) is 6.45. The summed E-state index contributed by atoms with van der Waals surface area (Å²) in [6.45, 7) is 0.293. The minimum absolute atomic E-state index is 0.126. The standard InChI is InChI=1S/C7H12O4/c1-10-4-6-2-5(3-8)7(9)11-6/h5-6,8H,2-4H2,1H3. The third kappa shape index (κ3) is 1.91. The van der Waals surface area contributed by atoms with Gasteiger partial charge >= 0.3 is 5.97 Å². The van der Waals surface area contributed by atoms with Crippen molar-refractivity contribution in [1.29, 1.82) is 0 Å². The average molecular weight is 160 g/mol. The molecule has 0 spiro atoms. The fraction of sp³-hybridized carbons (Fsp3) is 0.857. The molecule has 1 saturated heterocycles. The molecule has 4 nitrogen and oxygen atoms in total. The maximum absolute atomic E-state index is 10.9. The van der Waals surface area contributed by atoms with E-state index in [1.54, 1.807) is 7.11 Å². The van der Waals surface area contributed by atoms with E-state index in [2.05, 4.69) is 0 Å². The summed E-state index contributed by atoms with van der Waals surface area (Å²) < 4.78 is 9.69. The van der Waals surface area contributed by atoms with Crippen LogP contribution in [0.15, 0.2) is 0 Å². The highest BCUT2D eigenvalue weighted by atomic mass is 16.6. The van der Waals surface area contributed by atoms with E-state index in [4.69, 9.17) is 14.6 Å². The lowest BCUT2D eigenvalue weighted by Gasteiger charge is -2.05. The lowest BCUT2D eigenvalue weighted by molar-refractivity contribution is -0.146. The van der Waals surface area contributed by atoms with Crippen molar-refractivity contribution in [2.45, 2.75) is 12.5 Å². The Labute approximate surface area is 65.1 Å². The highest BCUT2D eigenvalue weighted by molar-refractivity contribution is 5.74. The van der Waals surface area contributed by atoms with E-state index in [0.29, 0.717) is 13.0 Å². The molecular formula is C7H12O4. The van der Waals surface area contributed by atoms with Crippen LogP contribution in [-0.4, -0.2) is 37.5 Å². The van der Waals surface area contributed by atoms with Gasteiger partial charge in [0.1, 0.15) is 6.10 Å². The first-order valence-electron chi connectivity index (χ1n) is 3.58. The molecule has 0 amide bonds. The lowest BCUT2D eigenvalue weighted by Crippen LogP contribution is -2.13. The summed E-state index contributed by atoms with van der Waals surface area (Å²) >= 11 is 0. The van der Waals surface area contributed by atoms with E-state index >= 15 is 0 Å². The molecule has 11 heavy (non-hydrogen) atoms. The first kappa shape index (κ1) is 8.49. The first-order chi connectivity index (χ1) is 5.27. The van der Waals surface area contributed by atoms with Crippen molar-refractivity contribution < 1.29 is 19.4 Å². The van der Waals surface area contributed by atoms with E-state index in [-0.39, 0.29) is 24.6 Å². The van der Waals surface area contributed by atoms with E-state index in [0.717, 1.165) is 0 Å². The van der Waals surface area contributed by atoms with Gasteiger partial charge in [0.05, 0.1) is 19.1 Å². The van der Waals surface area contributed by atoms with Gasteiger partial charge in [-0.2, -0.15) is 0 Å². The Kier molecular flexibility index (Phi) is 2.84. The number of methoxy groups -OCH3 is 1. The number of hydrogen-bond acceptors (Lipinski definition) is 4. The van der Waals surface area contributed by atoms with E-state index < -0.39 is 0 Å². The first-order valence-corrected chi connectivity index (χ1v) is 3.58. The van der Waals surface area contributed by atoms with Crippen molar-refractivity contribution in [2.24, 2.45) is 5.92 Å². The second-order valence-corrected chi connectivity index (χ2v) is 2.63. The Morgan fingerprint density at radius 2 is 2.55 bits per heavy atom. The van der Waals surface area contributed by atoms with Crippen LogP contribution in [0.25, 0.3) is 0 Å². The van der Waals surface area contributed by atoms with Crippen LogP contribution in [0, 0.1) is 5.92 Å². The van der Waals surface area contributed by atoms with Gasteiger partial charge in [-0.1, -0.05) is 0 Å². The maximum atomic E-state index is 10.9. The zero-order valence-corrected chi connectivity index (χ0v) is 6.45. The molecule has 1 N–H and O–H groups in total. The Morgan fingerprint density at radius 1 is 1.82 bits per heavy atom. The predicted octanol–water partition coefficient (Wildman–Crippen LogP) is -0.443. The van der Waals surface area contributed by atoms with Gasteiger partial charge in [0.15, 0.2) is 0 Å². The van der Waals surface area contributed by atoms with Crippen LogP contribution in [0.1, 0.15) is 6.42 Å². The number of aliphatic hydroxyl groups is 1. The minimum atomic E-state index is -0.338. The topological polar surface area (TPSA) is 55.8 Å². The second kappa shape index (κ2) is 3.69. The molecule has 64 valence electrons. The Bertz CT molecular complexity index is 145. The summed E-state index contributed by atoms with van der Waals surface area (Å²) in [5.74, 6) is -0.648. The number of aliphatic hydroxyl groups excluding tert-OH is 1. The fourth-order valence-corrected chi connectivity index (χ4v) is 1.16. The number of esters is 1. The Morgan fingerprint density at radius 3 is 3.00 bits per heavy atom. The van der Waals surface area contributed by atoms with Crippen molar-refractivity contribution in [3.63, 3.8) is 0 Å². The van der Waals surface area contributed by atoms with Gasteiger partial charge in [-0.15, -0.1) is 0 Å². The minimum Gasteiger partial charge on any atom is -0.460 e. The van der Waals surface area contributed by atoms with Gasteiger partial charge in [-0.25, -0.2) is 0 Å². The molecule has 0 bridgehead atoms. The van der Waals surface area contributed by atoms with E-state index in [1.165, 1.54) is 0 Å². The molecule has 1 fully saturated rings. The van der Waals surface area contributed by atoms with Crippen LogP contribution >= 0.6 is 0 Å². The molecule has 1 heterocycles. The van der Waals surface area contributed by atoms with Crippen molar-refractivity contribution in [2.75, 3.05) is 20.3 Å². The summed E-state index contributed by atoms with van der Waals surface area (Å²) in [4.78, 5) is 10.9. The molecule has 4 heteroatoms. The number of carbonyl (C=O) groups is 1. The molecule has 0 aromatic rings. The summed E-state index contributed by atoms with van der Waals surface area (Å²) in [7, 11) is 1.56. The quantitative estimate of drug-likeness (QED) is 0.568. The van der Waals surface area contributed by atoms with Crippen molar-refractivity contribution >= 4 is 5.97 Å². The molecule has 1 aliphatic heterocycles. The lowest BCUT2D eigenvalue weighted by atomic mass is 10.1. The number of hydrogen-bond donors (Lipinski definition) is 1. The van der Waals surface area contributed by atoms with E-state index in [9.17, 15) is 4.79 Å². The van der Waals surface area contributed by atoms with Gasteiger partial charge in [0.2, 0.25) is 0 Å². The summed E-state index contributed by atoms with van der Waals surface area (Å²) in [6.07, 6.45) is 0.410. The number of rotatable bonds is 3. The van der Waals surface area contributed by atoms with Crippen molar-refractivity contribution in [3.05, 3.63) is 0 Å². The van der Waals surface area contributed by atoms with Crippen molar-refractivity contribution in [3.8, 4) is 0 Å². The zero-order chi connectivity index (χ0) is 8.27. The molecule has 0 saturated carbocycles. The number of carbonyl (C=O) groups excluding carboxylic acids is 1. The summed E-state index contributed by atoms with van der Waals surface area (Å²) in [6, 6.07) is 0. The van der Waals surface area contributed by atoms with Crippen LogP contribution < -0.4 is 0 Å². The highest BCUT2D eigenvalue weighted by Crippen LogP contribution is 2.20. The molecular weight excluding hydrogens is 148 g/mol. The highest BCUT2D eigenvalue weighted by Gasteiger charge is 2.33. The summed E-state index contributed by atoms with van der Waals surface area (Å²) in [5, 5.41) is 8.68. The van der Waals surface area contributed by atoms with Gasteiger partial charge in [0.25, 0.3) is 0 Å². The third-order valence-electron chi connectivity index (χ3n) is 1.74. The second-order valence-electron chi connectivity index (χ2n) is 2.63. The van der Waals surface area contributed by atoms with Crippen LogP contribution in [0.5, 0.6) is 0 Å². The van der Waals surface area contributed by atoms with Crippen LogP contribution in [-0.2, 0) is 14.3 Å². The molecule has 0 aliphatic carbocycles. The van der Waals surface area contributed by atoms with E-state index in [1.807, 2.05) is 0 Å². The van der Waals surface area contributed by atoms with Gasteiger partial charge in [-0.05, 0) is 0 Å². The van der Waals surface area contributed by atoms with Gasteiger partial charge in [-0.3, -0.25) is 4.79 Å². The third-order valence-corrected chi connectivity index (χ3v) is 1.74. The smallest absolute Gasteiger partial charge is 0.311 e. The predicted molar refractivity (Wildman–Crippen MR) is 36.9 cm³/mol. The molecule has 0 aromatic carbocycles. The number of cyclic esters (lactones) is 1. The molecule has 0 aromatic heterocycles. The largest absolute Gasteiger partial charge is 0.460 e. The Balaban J connectivity index is 2.36. The number of ether oxygens (including phenoxy) is 2. The average Bonchev–Trinajstić information content (AvgIpc) is 2.32. The molecule has 1 aliphatic rings. The molecule has 2 unspecified atom stereocenters. The Hall–Kier alpha value is -0.610. The van der Waals surface area contributed by atoms with Crippen LogP contribution in [0.4, 0.5) is 0 Å². The van der Waals surface area contributed by atoms with Gasteiger partial charge < -0.3 is 14.6 Å². The normalized spacial score (nSPS) is 30.5. The maximum Gasteiger partial charge on any atom is 0.311 e. The monoisotopic (exact) mass is 160 g/mol. The summed E-state index contributed by atoms with van der Waals surface area (Å²) in [5.41, 5.74) is 0.